The van der Waals surface area contributed by atoms with Gasteiger partial charge in [0.05, 0.1) is 16.8 Å². The van der Waals surface area contributed by atoms with Crippen LogP contribution in [0.4, 0.5) is 0 Å². The first-order chi connectivity index (χ1) is 9.39. The molecule has 1 rings (SSSR count). The predicted molar refractivity (Wildman–Crippen MR) is 88.6 cm³/mol. The highest BCUT2D eigenvalue weighted by molar-refractivity contribution is 5.06. The van der Waals surface area contributed by atoms with Crippen molar-refractivity contribution in [2.75, 3.05) is 26.7 Å². The summed E-state index contributed by atoms with van der Waals surface area (Å²) in [4.78, 5) is 2.22. The highest BCUT2D eigenvalue weighted by atomic mass is 16.5. The Kier molecular flexibility index (Phi) is 5.87. The molecule has 1 saturated heterocycles. The summed E-state index contributed by atoms with van der Waals surface area (Å²) in [6.07, 6.45) is 1.12. The number of nitrogens with zero attached hydrogens (tertiary/aromatic N) is 1. The van der Waals surface area contributed by atoms with Gasteiger partial charge in [0.25, 0.3) is 0 Å². The minimum absolute atomic E-state index is 0.164. The van der Waals surface area contributed by atoms with E-state index in [9.17, 15) is 5.11 Å². The SMILES string of the molecule is CCCNC1C(CN(C)CC(C)(C)O)C(C)(C)OC1(C)C. The molecule has 0 saturated carbocycles. The van der Waals surface area contributed by atoms with Gasteiger partial charge in [-0.1, -0.05) is 6.92 Å². The Morgan fingerprint density at radius 1 is 1.19 bits per heavy atom. The fraction of sp³-hybridized carbons (Fsp3) is 1.00. The first-order valence-corrected chi connectivity index (χ1v) is 8.23. The Balaban J connectivity index is 2.83. The lowest BCUT2D eigenvalue weighted by Crippen LogP contribution is -2.51. The van der Waals surface area contributed by atoms with Gasteiger partial charge in [-0.05, 0) is 61.6 Å². The van der Waals surface area contributed by atoms with Crippen LogP contribution < -0.4 is 5.32 Å². The van der Waals surface area contributed by atoms with E-state index in [1.807, 2.05) is 13.8 Å². The van der Waals surface area contributed by atoms with E-state index in [1.165, 1.54) is 0 Å². The van der Waals surface area contributed by atoms with E-state index >= 15 is 0 Å². The zero-order chi connectivity index (χ0) is 16.5. The maximum Gasteiger partial charge on any atom is 0.0790 e. The molecule has 2 unspecified atom stereocenters. The highest BCUT2D eigenvalue weighted by Gasteiger charge is 2.53. The molecule has 0 aromatic carbocycles. The van der Waals surface area contributed by atoms with Crippen LogP contribution in [0.2, 0.25) is 0 Å². The fourth-order valence-corrected chi connectivity index (χ4v) is 3.78. The van der Waals surface area contributed by atoms with E-state index < -0.39 is 5.60 Å². The molecule has 1 fully saturated rings. The van der Waals surface area contributed by atoms with Crippen LogP contribution in [0.1, 0.15) is 54.9 Å². The van der Waals surface area contributed by atoms with E-state index in [0.717, 1.165) is 19.5 Å². The zero-order valence-electron chi connectivity index (χ0n) is 15.3. The second kappa shape index (κ2) is 6.53. The Labute approximate surface area is 131 Å². The molecule has 2 N–H and O–H groups in total. The topological polar surface area (TPSA) is 44.7 Å². The van der Waals surface area contributed by atoms with Crippen LogP contribution in [-0.2, 0) is 4.74 Å². The number of aliphatic hydroxyl groups is 1. The summed E-state index contributed by atoms with van der Waals surface area (Å²) in [7, 11) is 2.08. The summed E-state index contributed by atoms with van der Waals surface area (Å²) in [5, 5.41) is 13.7. The third-order valence-electron chi connectivity index (χ3n) is 4.35. The minimum atomic E-state index is -0.666. The van der Waals surface area contributed by atoms with E-state index in [2.05, 4.69) is 51.9 Å². The van der Waals surface area contributed by atoms with Gasteiger partial charge in [0.1, 0.15) is 0 Å². The third-order valence-corrected chi connectivity index (χ3v) is 4.35. The number of hydrogen-bond donors (Lipinski definition) is 2. The van der Waals surface area contributed by atoms with Crippen LogP contribution in [0, 0.1) is 5.92 Å². The third kappa shape index (κ3) is 5.20. The predicted octanol–water partition coefficient (Wildman–Crippen LogP) is 2.26. The Morgan fingerprint density at radius 2 is 1.76 bits per heavy atom. The van der Waals surface area contributed by atoms with Gasteiger partial charge in [0, 0.05) is 25.0 Å². The van der Waals surface area contributed by atoms with Crippen LogP contribution in [0.15, 0.2) is 0 Å². The van der Waals surface area contributed by atoms with E-state index in [4.69, 9.17) is 4.74 Å². The molecular formula is C17H36N2O2. The first-order valence-electron chi connectivity index (χ1n) is 8.23. The van der Waals surface area contributed by atoms with Crippen molar-refractivity contribution >= 4 is 0 Å². The molecule has 4 nitrogen and oxygen atoms in total. The van der Waals surface area contributed by atoms with Gasteiger partial charge in [-0.25, -0.2) is 0 Å². The molecule has 1 aliphatic heterocycles. The molecule has 0 bridgehead atoms. The smallest absolute Gasteiger partial charge is 0.0790 e. The molecule has 0 aromatic rings. The van der Waals surface area contributed by atoms with Gasteiger partial charge in [-0.15, -0.1) is 0 Å². The molecule has 1 aliphatic rings. The largest absolute Gasteiger partial charge is 0.389 e. The van der Waals surface area contributed by atoms with E-state index in [-0.39, 0.29) is 11.2 Å². The van der Waals surface area contributed by atoms with Crippen molar-refractivity contribution in [2.45, 2.75) is 77.7 Å². The van der Waals surface area contributed by atoms with Gasteiger partial charge in [-0.3, -0.25) is 0 Å². The Morgan fingerprint density at radius 3 is 2.24 bits per heavy atom. The Hall–Kier alpha value is -0.160. The average Bonchev–Trinajstić information content (AvgIpc) is 2.39. The van der Waals surface area contributed by atoms with Crippen molar-refractivity contribution in [3.63, 3.8) is 0 Å². The monoisotopic (exact) mass is 300 g/mol. The second-order valence-electron chi connectivity index (χ2n) is 8.36. The number of hydrogen-bond acceptors (Lipinski definition) is 4. The van der Waals surface area contributed by atoms with Crippen molar-refractivity contribution in [1.29, 1.82) is 0 Å². The standard InChI is InChI=1S/C17H36N2O2/c1-9-10-18-14-13(11-19(8)12-15(2,3)20)16(4,5)21-17(14,6)7/h13-14,18,20H,9-12H2,1-8H3. The van der Waals surface area contributed by atoms with Crippen LogP contribution in [0.25, 0.3) is 0 Å². The van der Waals surface area contributed by atoms with E-state index in [1.54, 1.807) is 0 Å². The normalized spacial score (nSPS) is 28.3. The molecular weight excluding hydrogens is 264 g/mol. The average molecular weight is 300 g/mol. The zero-order valence-corrected chi connectivity index (χ0v) is 15.3. The van der Waals surface area contributed by atoms with Crippen molar-refractivity contribution in [2.24, 2.45) is 5.92 Å². The van der Waals surface area contributed by atoms with Gasteiger partial charge in [0.2, 0.25) is 0 Å². The van der Waals surface area contributed by atoms with Crippen molar-refractivity contribution in [3.05, 3.63) is 0 Å². The fourth-order valence-electron chi connectivity index (χ4n) is 3.78. The first kappa shape index (κ1) is 18.9. The minimum Gasteiger partial charge on any atom is -0.389 e. The molecule has 2 atom stereocenters. The molecule has 126 valence electrons. The molecule has 0 radical (unpaired) electrons. The van der Waals surface area contributed by atoms with Crippen LogP contribution >= 0.6 is 0 Å². The quantitative estimate of drug-likeness (QED) is 0.757. The second-order valence-corrected chi connectivity index (χ2v) is 8.36. The van der Waals surface area contributed by atoms with Gasteiger partial charge >= 0.3 is 0 Å². The van der Waals surface area contributed by atoms with Gasteiger partial charge in [0.15, 0.2) is 0 Å². The Bertz CT molecular complexity index is 334. The summed E-state index contributed by atoms with van der Waals surface area (Å²) in [6, 6.07) is 0.330. The molecule has 0 spiro atoms. The van der Waals surface area contributed by atoms with Crippen LogP contribution in [0.5, 0.6) is 0 Å². The number of likely N-dealkylation sites (N-methyl/N-ethyl adjacent to an activating group) is 1. The number of nitrogens with one attached hydrogen (secondary N) is 1. The van der Waals surface area contributed by atoms with Crippen molar-refractivity contribution in [1.82, 2.24) is 10.2 Å². The van der Waals surface area contributed by atoms with E-state index in [0.29, 0.717) is 18.5 Å². The van der Waals surface area contributed by atoms with Gasteiger partial charge < -0.3 is 20.1 Å². The molecule has 4 heteroatoms. The number of ether oxygens (including phenoxy) is 1. The molecule has 0 aliphatic carbocycles. The summed E-state index contributed by atoms with van der Waals surface area (Å²) in [6.45, 7) is 17.2. The van der Waals surface area contributed by atoms with Crippen molar-refractivity contribution < 1.29 is 9.84 Å². The molecule has 1 heterocycles. The summed E-state index contributed by atoms with van der Waals surface area (Å²) in [5.41, 5.74) is -0.998. The van der Waals surface area contributed by atoms with Gasteiger partial charge in [-0.2, -0.15) is 0 Å². The summed E-state index contributed by atoms with van der Waals surface area (Å²) < 4.78 is 6.34. The summed E-state index contributed by atoms with van der Waals surface area (Å²) in [5.74, 6) is 0.395. The summed E-state index contributed by atoms with van der Waals surface area (Å²) >= 11 is 0. The maximum atomic E-state index is 10.0. The lowest BCUT2D eigenvalue weighted by Gasteiger charge is -2.35. The number of rotatable bonds is 7. The molecule has 21 heavy (non-hydrogen) atoms. The van der Waals surface area contributed by atoms with Crippen LogP contribution in [-0.4, -0.2) is 59.5 Å². The van der Waals surface area contributed by atoms with Crippen LogP contribution in [0.3, 0.4) is 0 Å². The highest BCUT2D eigenvalue weighted by Crippen LogP contribution is 2.42. The molecule has 0 amide bonds. The molecule has 0 aromatic heterocycles. The lowest BCUT2D eigenvalue weighted by molar-refractivity contribution is -0.0802. The lowest BCUT2D eigenvalue weighted by atomic mass is 9.82. The van der Waals surface area contributed by atoms with Crippen molar-refractivity contribution in [3.8, 4) is 0 Å². The maximum absolute atomic E-state index is 10.0.